The highest BCUT2D eigenvalue weighted by Gasteiger charge is 2.56. The Morgan fingerprint density at radius 1 is 1.47 bits per heavy atom. The van der Waals surface area contributed by atoms with Crippen molar-refractivity contribution in [3.05, 3.63) is 0 Å². The van der Waals surface area contributed by atoms with Crippen LogP contribution in [-0.4, -0.2) is 25.1 Å². The maximum absolute atomic E-state index is 11.6. The number of hydrogen-bond acceptors (Lipinski definition) is 4. The molecule has 2 aliphatic rings. The fourth-order valence-corrected chi connectivity index (χ4v) is 2.99. The first-order valence-electron chi connectivity index (χ1n) is 5.50. The molecule has 0 spiro atoms. The Labute approximate surface area is 107 Å². The van der Waals surface area contributed by atoms with Crippen LogP contribution in [0.4, 0.5) is 0 Å². The topological polar surface area (TPSA) is 101 Å². The van der Waals surface area contributed by atoms with E-state index in [4.69, 9.17) is 5.73 Å². The van der Waals surface area contributed by atoms with Crippen LogP contribution in [0.25, 0.3) is 0 Å². The Balaban J connectivity index is 0.00000144. The van der Waals surface area contributed by atoms with E-state index in [0.29, 0.717) is 19.3 Å². The minimum Gasteiger partial charge on any atom is -0.317 e. The highest BCUT2D eigenvalue weighted by atomic mass is 35.5. The van der Waals surface area contributed by atoms with Crippen LogP contribution in [0.5, 0.6) is 0 Å². The number of nitrogens with one attached hydrogen (secondary N) is 2. The van der Waals surface area contributed by atoms with Crippen molar-refractivity contribution in [2.75, 3.05) is 0 Å². The van der Waals surface area contributed by atoms with Crippen LogP contribution >= 0.6 is 12.4 Å². The Hall–Kier alpha value is -0.370. The zero-order valence-electron chi connectivity index (χ0n) is 9.60. The molecular formula is C9H18ClN3O3S. The summed E-state index contributed by atoms with van der Waals surface area (Å²) >= 11 is 0. The average Bonchev–Trinajstić information content (AvgIpc) is 3.07. The number of halogens is 1. The molecule has 2 saturated carbocycles. The largest absolute Gasteiger partial charge is 0.317 e. The number of hydrogen-bond donors (Lipinski definition) is 3. The molecule has 2 rings (SSSR count). The zero-order valence-corrected chi connectivity index (χ0v) is 11.2. The Morgan fingerprint density at radius 3 is 2.47 bits per heavy atom. The minimum atomic E-state index is -3.38. The molecule has 0 heterocycles. The lowest BCUT2D eigenvalue weighted by atomic mass is 10.2. The Kier molecular flexibility index (Phi) is 4.08. The summed E-state index contributed by atoms with van der Waals surface area (Å²) in [5, 5.41) is -0.345. The summed E-state index contributed by atoms with van der Waals surface area (Å²) in [4.78, 5) is 13.7. The average molecular weight is 284 g/mol. The van der Waals surface area contributed by atoms with E-state index in [2.05, 4.69) is 10.3 Å². The summed E-state index contributed by atoms with van der Waals surface area (Å²) in [7, 11) is -3.38. The van der Waals surface area contributed by atoms with E-state index in [0.717, 1.165) is 6.42 Å². The van der Waals surface area contributed by atoms with E-state index < -0.39 is 21.5 Å². The van der Waals surface area contributed by atoms with Crippen LogP contribution in [0.2, 0.25) is 0 Å². The second kappa shape index (κ2) is 4.72. The molecule has 0 aliphatic heterocycles. The van der Waals surface area contributed by atoms with Gasteiger partial charge in [-0.15, -0.1) is 17.2 Å². The van der Waals surface area contributed by atoms with Crippen LogP contribution in [0, 0.1) is 5.92 Å². The third kappa shape index (κ3) is 2.90. The van der Waals surface area contributed by atoms with E-state index in [-0.39, 0.29) is 23.6 Å². The third-order valence-electron chi connectivity index (χ3n) is 3.34. The van der Waals surface area contributed by atoms with Crippen molar-refractivity contribution in [1.29, 1.82) is 0 Å². The second-order valence-corrected chi connectivity index (χ2v) is 6.61. The molecule has 0 bridgehead atoms. The second-order valence-electron chi connectivity index (χ2n) is 4.65. The third-order valence-corrected chi connectivity index (χ3v) is 5.07. The lowest BCUT2D eigenvalue weighted by molar-refractivity contribution is -0.124. The van der Waals surface area contributed by atoms with Crippen LogP contribution in [-0.2, 0) is 14.8 Å². The molecule has 8 heteroatoms. The maximum atomic E-state index is 11.6. The lowest BCUT2D eigenvalue weighted by Crippen LogP contribution is -2.52. The fraction of sp³-hybridized carbons (Fsp3) is 0.889. The predicted octanol–water partition coefficient (Wildman–Crippen LogP) is -0.351. The van der Waals surface area contributed by atoms with Crippen LogP contribution in [0.3, 0.4) is 0 Å². The van der Waals surface area contributed by atoms with Crippen molar-refractivity contribution >= 4 is 28.3 Å². The molecule has 0 aromatic heterocycles. The number of sulfonamides is 1. The van der Waals surface area contributed by atoms with Gasteiger partial charge in [-0.25, -0.2) is 8.42 Å². The van der Waals surface area contributed by atoms with Gasteiger partial charge in [0.05, 0.1) is 10.8 Å². The van der Waals surface area contributed by atoms with Crippen LogP contribution in [0.1, 0.15) is 32.6 Å². The zero-order chi connectivity index (χ0) is 12.0. The molecule has 2 aliphatic carbocycles. The highest BCUT2D eigenvalue weighted by molar-refractivity contribution is 7.90. The summed E-state index contributed by atoms with van der Waals surface area (Å²) in [5.74, 6) is -0.262. The van der Waals surface area contributed by atoms with Gasteiger partial charge in [-0.05, 0) is 25.2 Å². The van der Waals surface area contributed by atoms with Gasteiger partial charge in [0.25, 0.3) is 5.91 Å². The maximum Gasteiger partial charge on any atom is 0.255 e. The highest BCUT2D eigenvalue weighted by Crippen LogP contribution is 2.43. The monoisotopic (exact) mass is 283 g/mol. The van der Waals surface area contributed by atoms with Crippen molar-refractivity contribution in [2.45, 2.75) is 43.4 Å². The first kappa shape index (κ1) is 14.7. The first-order chi connectivity index (χ1) is 7.40. The predicted molar refractivity (Wildman–Crippen MR) is 65.8 cm³/mol. The number of rotatable bonds is 5. The number of nitrogens with two attached hydrogens (primary N) is 1. The van der Waals surface area contributed by atoms with Crippen molar-refractivity contribution in [2.24, 2.45) is 11.7 Å². The smallest absolute Gasteiger partial charge is 0.255 e. The van der Waals surface area contributed by atoms with Gasteiger partial charge >= 0.3 is 0 Å². The molecule has 2 fully saturated rings. The van der Waals surface area contributed by atoms with Gasteiger partial charge in [-0.1, -0.05) is 13.3 Å². The summed E-state index contributed by atoms with van der Waals surface area (Å²) in [6.07, 6.45) is 2.78. The molecule has 17 heavy (non-hydrogen) atoms. The number of carbonyl (C=O) groups excluding carboxylic acids is 1. The Morgan fingerprint density at radius 2 is 2.06 bits per heavy atom. The number of hydrazine groups is 1. The van der Waals surface area contributed by atoms with Gasteiger partial charge in [-0.3, -0.25) is 10.2 Å². The van der Waals surface area contributed by atoms with Crippen molar-refractivity contribution in [1.82, 2.24) is 10.3 Å². The van der Waals surface area contributed by atoms with Gasteiger partial charge in [0, 0.05) is 0 Å². The quantitative estimate of drug-likeness (QED) is 0.600. The normalized spacial score (nSPS) is 31.5. The fourth-order valence-electron chi connectivity index (χ4n) is 1.83. The molecule has 0 radical (unpaired) electrons. The van der Waals surface area contributed by atoms with Crippen molar-refractivity contribution < 1.29 is 13.2 Å². The Bertz CT molecular complexity index is 410. The van der Waals surface area contributed by atoms with E-state index in [1.165, 1.54) is 0 Å². The molecule has 0 aromatic carbocycles. The molecule has 2 atom stereocenters. The van der Waals surface area contributed by atoms with Gasteiger partial charge < -0.3 is 5.73 Å². The number of carbonyl (C=O) groups is 1. The van der Waals surface area contributed by atoms with E-state index in [1.807, 2.05) is 6.92 Å². The minimum absolute atomic E-state index is 0. The molecule has 6 nitrogen and oxygen atoms in total. The first-order valence-corrected chi connectivity index (χ1v) is 7.04. The van der Waals surface area contributed by atoms with Crippen LogP contribution in [0.15, 0.2) is 0 Å². The van der Waals surface area contributed by atoms with Crippen LogP contribution < -0.4 is 16.0 Å². The molecule has 0 aromatic rings. The van der Waals surface area contributed by atoms with E-state index >= 15 is 0 Å². The SMILES string of the molecule is CC[C@H]1C[C@]1(N)C(=O)NNS(=O)(=O)C1CC1.Cl. The lowest BCUT2D eigenvalue weighted by Gasteiger charge is -2.12. The molecule has 0 saturated heterocycles. The summed E-state index contributed by atoms with van der Waals surface area (Å²) in [6, 6.07) is 0. The summed E-state index contributed by atoms with van der Waals surface area (Å²) in [6.45, 7) is 1.96. The molecule has 1 amide bonds. The van der Waals surface area contributed by atoms with E-state index in [1.54, 1.807) is 0 Å². The van der Waals surface area contributed by atoms with Crippen molar-refractivity contribution in [3.8, 4) is 0 Å². The summed E-state index contributed by atoms with van der Waals surface area (Å²) < 4.78 is 22.9. The standard InChI is InChI=1S/C9H17N3O3S.ClH/c1-2-6-5-9(6,10)8(13)11-12-16(14,15)7-3-4-7;/h6-7,12H,2-5,10H2,1H3,(H,11,13);1H/t6-,9+;/m0./s1. The molecule has 4 N–H and O–H groups in total. The molecule has 100 valence electrons. The van der Waals surface area contributed by atoms with Gasteiger partial charge in [0.2, 0.25) is 10.0 Å². The summed E-state index contributed by atoms with van der Waals surface area (Å²) in [5.41, 5.74) is 7.15. The van der Waals surface area contributed by atoms with Gasteiger partial charge in [0.1, 0.15) is 0 Å². The number of amides is 1. The van der Waals surface area contributed by atoms with Crippen molar-refractivity contribution in [3.63, 3.8) is 0 Å². The van der Waals surface area contributed by atoms with Gasteiger partial charge in [0.15, 0.2) is 0 Å². The molecule has 0 unspecified atom stereocenters. The van der Waals surface area contributed by atoms with Gasteiger partial charge in [-0.2, -0.15) is 0 Å². The molecular weight excluding hydrogens is 266 g/mol. The van der Waals surface area contributed by atoms with E-state index in [9.17, 15) is 13.2 Å².